The van der Waals surface area contributed by atoms with Crippen LogP contribution in [0.5, 0.6) is 0 Å². The lowest BCUT2D eigenvalue weighted by Gasteiger charge is -2.32. The van der Waals surface area contributed by atoms with Crippen LogP contribution in [0.25, 0.3) is 0 Å². The number of rotatable bonds is 10. The molecule has 1 aromatic carbocycles. The molecule has 4 N–H and O–H groups in total. The van der Waals surface area contributed by atoms with Gasteiger partial charge < -0.3 is 20.6 Å². The van der Waals surface area contributed by atoms with E-state index in [1.54, 1.807) is 13.8 Å². The molecule has 196 valence electrons. The van der Waals surface area contributed by atoms with E-state index in [0.717, 1.165) is 58.2 Å². The lowest BCUT2D eigenvalue weighted by atomic mass is 9.99. The predicted octanol–water partition coefficient (Wildman–Crippen LogP) is 1.85. The Morgan fingerprint density at radius 3 is 2.75 bits per heavy atom. The van der Waals surface area contributed by atoms with Gasteiger partial charge in [0.15, 0.2) is 0 Å². The van der Waals surface area contributed by atoms with Crippen molar-refractivity contribution in [2.75, 3.05) is 26.2 Å². The summed E-state index contributed by atoms with van der Waals surface area (Å²) < 4.78 is 0. The molecule has 0 bridgehead atoms. The second kappa shape index (κ2) is 13.9. The van der Waals surface area contributed by atoms with Gasteiger partial charge in [0.25, 0.3) is 5.91 Å². The lowest BCUT2D eigenvalue weighted by Crippen LogP contribution is -2.49. The van der Waals surface area contributed by atoms with E-state index < -0.39 is 12.1 Å². The molecule has 2 amide bonds. The topological polar surface area (TPSA) is 121 Å². The van der Waals surface area contributed by atoms with Crippen LogP contribution in [0.4, 0.5) is 0 Å². The fourth-order valence-electron chi connectivity index (χ4n) is 4.75. The SMILES string of the molecule is CC(=O)N1CCC[C@@H](N/C=C/CC(=NC=N)C(=O)N[C@@H](C)C(O)CN2CCc3ccccc3C2)CC1. The molecule has 1 saturated heterocycles. The van der Waals surface area contributed by atoms with Gasteiger partial charge >= 0.3 is 0 Å². The molecule has 3 atom stereocenters. The van der Waals surface area contributed by atoms with Crippen LogP contribution in [0.2, 0.25) is 0 Å². The third kappa shape index (κ3) is 8.27. The molecule has 9 nitrogen and oxygen atoms in total. The molecule has 3 rings (SSSR count). The monoisotopic (exact) mass is 496 g/mol. The van der Waals surface area contributed by atoms with E-state index in [0.29, 0.717) is 6.54 Å². The van der Waals surface area contributed by atoms with Crippen molar-refractivity contribution in [1.82, 2.24) is 20.4 Å². The van der Waals surface area contributed by atoms with Crippen molar-refractivity contribution in [2.24, 2.45) is 4.99 Å². The second-order valence-corrected chi connectivity index (χ2v) is 9.70. The van der Waals surface area contributed by atoms with Crippen molar-refractivity contribution in [1.29, 1.82) is 5.41 Å². The highest BCUT2D eigenvalue weighted by Gasteiger charge is 2.24. The number of nitrogens with one attached hydrogen (secondary N) is 3. The quantitative estimate of drug-likeness (QED) is 0.291. The van der Waals surface area contributed by atoms with Gasteiger partial charge in [-0.15, -0.1) is 0 Å². The van der Waals surface area contributed by atoms with Gasteiger partial charge in [0, 0.05) is 52.1 Å². The minimum absolute atomic E-state index is 0.116. The summed E-state index contributed by atoms with van der Waals surface area (Å²) in [6.45, 7) is 7.07. The Labute approximate surface area is 214 Å². The predicted molar refractivity (Wildman–Crippen MR) is 142 cm³/mol. The van der Waals surface area contributed by atoms with E-state index in [1.807, 2.05) is 23.2 Å². The number of carbonyl (C=O) groups is 2. The largest absolute Gasteiger partial charge is 0.390 e. The molecule has 0 spiro atoms. The minimum Gasteiger partial charge on any atom is -0.390 e. The number of allylic oxidation sites excluding steroid dienone is 1. The molecule has 2 aliphatic heterocycles. The number of aliphatic imine (C=N–C) groups is 1. The van der Waals surface area contributed by atoms with Crippen LogP contribution in [0.15, 0.2) is 41.5 Å². The number of nitrogens with zero attached hydrogens (tertiary/aromatic N) is 3. The fraction of sp³-hybridized carbons (Fsp3) is 0.556. The van der Waals surface area contributed by atoms with Gasteiger partial charge in [-0.05, 0) is 49.9 Å². The molecule has 36 heavy (non-hydrogen) atoms. The second-order valence-electron chi connectivity index (χ2n) is 9.70. The number of aliphatic hydroxyl groups excluding tert-OH is 1. The Balaban J connectivity index is 1.44. The van der Waals surface area contributed by atoms with Crippen LogP contribution in [-0.2, 0) is 22.6 Å². The van der Waals surface area contributed by atoms with E-state index in [4.69, 9.17) is 5.41 Å². The molecular formula is C27H40N6O3. The van der Waals surface area contributed by atoms with Crippen molar-refractivity contribution < 1.29 is 14.7 Å². The molecule has 1 unspecified atom stereocenters. The highest BCUT2D eigenvalue weighted by molar-refractivity contribution is 6.40. The van der Waals surface area contributed by atoms with Gasteiger partial charge in [-0.25, -0.2) is 4.99 Å². The number of likely N-dealkylation sites (tertiary alicyclic amines) is 1. The maximum absolute atomic E-state index is 12.8. The zero-order valence-corrected chi connectivity index (χ0v) is 21.4. The number of carbonyl (C=O) groups excluding carboxylic acids is 2. The Morgan fingerprint density at radius 1 is 1.22 bits per heavy atom. The molecular weight excluding hydrogens is 456 g/mol. The molecule has 0 saturated carbocycles. The van der Waals surface area contributed by atoms with Crippen LogP contribution in [0, 0.1) is 5.41 Å². The summed E-state index contributed by atoms with van der Waals surface area (Å²) in [6.07, 6.45) is 7.83. The summed E-state index contributed by atoms with van der Waals surface area (Å²) >= 11 is 0. The first-order chi connectivity index (χ1) is 17.4. The van der Waals surface area contributed by atoms with Gasteiger partial charge in [0.1, 0.15) is 12.1 Å². The molecule has 0 aromatic heterocycles. The van der Waals surface area contributed by atoms with Crippen molar-refractivity contribution >= 4 is 23.9 Å². The van der Waals surface area contributed by atoms with Gasteiger partial charge in [-0.1, -0.05) is 30.3 Å². The molecule has 9 heteroatoms. The van der Waals surface area contributed by atoms with Crippen LogP contribution in [0.3, 0.4) is 0 Å². The normalized spacial score (nSPS) is 20.8. The minimum atomic E-state index is -0.720. The maximum Gasteiger partial charge on any atom is 0.266 e. The molecule has 0 aliphatic carbocycles. The van der Waals surface area contributed by atoms with Crippen LogP contribution < -0.4 is 10.6 Å². The summed E-state index contributed by atoms with van der Waals surface area (Å²) in [7, 11) is 0. The maximum atomic E-state index is 12.8. The molecule has 2 heterocycles. The van der Waals surface area contributed by atoms with Crippen LogP contribution >= 0.6 is 0 Å². The summed E-state index contributed by atoms with van der Waals surface area (Å²) in [5.41, 5.74) is 2.86. The van der Waals surface area contributed by atoms with Crippen molar-refractivity contribution in [2.45, 2.75) is 70.7 Å². The highest BCUT2D eigenvalue weighted by Crippen LogP contribution is 2.19. The number of β-amino-alcohol motifs (C(OH)–C–C–N with tert-alkyl or cyclic N) is 1. The molecule has 0 radical (unpaired) electrons. The molecule has 1 fully saturated rings. The average molecular weight is 497 g/mol. The average Bonchev–Trinajstić information content (AvgIpc) is 3.11. The number of hydrogen-bond donors (Lipinski definition) is 4. The standard InChI is InChI=1S/C27H40N6O3/c1-20(26(35)18-32-15-11-22-7-3-4-8-23(22)17-32)31-27(36)25(30-19-28)10-5-13-29-24-9-6-14-33(16-12-24)21(2)34/h3-5,7-8,13,19-20,24,26,28-29,35H,6,9-12,14-18H2,1-2H3,(H,31,36)/b13-5+,28-19?,30-25?/t20-,24+,26?/m0/s1. The van der Waals surface area contributed by atoms with E-state index in [2.05, 4.69) is 38.7 Å². The number of aliphatic hydroxyl groups is 1. The first kappa shape index (κ1) is 27.5. The van der Waals surface area contributed by atoms with Gasteiger partial charge in [-0.2, -0.15) is 0 Å². The third-order valence-electron chi connectivity index (χ3n) is 7.01. The first-order valence-electron chi connectivity index (χ1n) is 12.9. The zero-order valence-electron chi connectivity index (χ0n) is 21.4. The summed E-state index contributed by atoms with van der Waals surface area (Å²) in [5, 5.41) is 24.3. The Hall–Kier alpha value is -3.04. The van der Waals surface area contributed by atoms with Crippen molar-refractivity contribution in [3.63, 3.8) is 0 Å². The number of fused-ring (bicyclic) bond motifs is 1. The van der Waals surface area contributed by atoms with Crippen molar-refractivity contribution in [3.05, 3.63) is 47.7 Å². The van der Waals surface area contributed by atoms with Gasteiger partial charge in [0.05, 0.1) is 12.1 Å². The van der Waals surface area contributed by atoms with E-state index in [-0.39, 0.29) is 30.0 Å². The van der Waals surface area contributed by atoms with Crippen LogP contribution in [0.1, 0.15) is 50.7 Å². The summed E-state index contributed by atoms with van der Waals surface area (Å²) in [4.78, 5) is 32.4. The number of benzene rings is 1. The number of hydrogen-bond acceptors (Lipinski definition) is 6. The van der Waals surface area contributed by atoms with Crippen LogP contribution in [-0.4, -0.2) is 83.1 Å². The fourth-order valence-corrected chi connectivity index (χ4v) is 4.75. The third-order valence-corrected chi connectivity index (χ3v) is 7.01. The van der Waals surface area contributed by atoms with Gasteiger partial charge in [-0.3, -0.25) is 19.9 Å². The molecule has 1 aromatic rings. The molecule has 2 aliphatic rings. The Morgan fingerprint density at radius 2 is 2.00 bits per heavy atom. The zero-order chi connectivity index (χ0) is 25.9. The first-order valence-corrected chi connectivity index (χ1v) is 12.9. The van der Waals surface area contributed by atoms with E-state index in [1.165, 1.54) is 11.1 Å². The number of amides is 2. The summed E-state index contributed by atoms with van der Waals surface area (Å²) in [6, 6.07) is 8.19. The van der Waals surface area contributed by atoms with E-state index >= 15 is 0 Å². The van der Waals surface area contributed by atoms with Gasteiger partial charge in [0.2, 0.25) is 5.91 Å². The smallest absolute Gasteiger partial charge is 0.266 e. The Kier molecular flexibility index (Phi) is 10.6. The summed E-state index contributed by atoms with van der Waals surface area (Å²) in [5.74, 6) is -0.268. The van der Waals surface area contributed by atoms with E-state index in [9.17, 15) is 14.7 Å². The highest BCUT2D eigenvalue weighted by atomic mass is 16.3. The lowest BCUT2D eigenvalue weighted by molar-refractivity contribution is -0.128. The van der Waals surface area contributed by atoms with Crippen molar-refractivity contribution in [3.8, 4) is 0 Å². The Bertz CT molecular complexity index is 963.